The van der Waals surface area contributed by atoms with E-state index in [2.05, 4.69) is 42.8 Å². The molecule has 1 atom stereocenters. The van der Waals surface area contributed by atoms with Crippen LogP contribution in [0.15, 0.2) is 30.1 Å². The van der Waals surface area contributed by atoms with Gasteiger partial charge in [-0.1, -0.05) is 18.2 Å². The Labute approximate surface area is 92.7 Å². The molecule has 1 unspecified atom stereocenters. The van der Waals surface area contributed by atoms with Crippen molar-refractivity contribution in [3.63, 3.8) is 0 Å². The second-order valence-electron chi connectivity index (χ2n) is 4.96. The molecule has 1 heteroatoms. The van der Waals surface area contributed by atoms with Crippen LogP contribution in [0.4, 0.5) is 0 Å². The van der Waals surface area contributed by atoms with E-state index < -0.39 is 7.26 Å². The van der Waals surface area contributed by atoms with Crippen molar-refractivity contribution in [2.45, 2.75) is 31.3 Å². The molecule has 0 N–H and O–H groups in total. The van der Waals surface area contributed by atoms with E-state index in [1.54, 1.807) is 5.30 Å². The van der Waals surface area contributed by atoms with Gasteiger partial charge in [0.15, 0.2) is 0 Å². The summed E-state index contributed by atoms with van der Waals surface area (Å²) in [7, 11) is -0.938. The molecule has 0 radical (unpaired) electrons. The highest BCUT2D eigenvalue weighted by Gasteiger charge is 2.46. The summed E-state index contributed by atoms with van der Waals surface area (Å²) in [6.07, 6.45) is 8.19. The third kappa shape index (κ3) is 1.39. The molecule has 1 saturated carbocycles. The Morgan fingerprint density at radius 1 is 1.13 bits per heavy atom. The fourth-order valence-electron chi connectivity index (χ4n) is 3.14. The predicted octanol–water partition coefficient (Wildman–Crippen LogP) is 3.89. The molecule has 1 heterocycles. The van der Waals surface area contributed by atoms with Crippen molar-refractivity contribution >= 4 is 18.6 Å². The van der Waals surface area contributed by atoms with Crippen LogP contribution in [0, 0.1) is 0 Å². The van der Waals surface area contributed by atoms with Crippen molar-refractivity contribution in [3.05, 3.63) is 35.6 Å². The SMILES string of the molecule is C[P+]1(C2CCCC2)C=Cc2ccccc21. The summed E-state index contributed by atoms with van der Waals surface area (Å²) in [4.78, 5) is 0. The van der Waals surface area contributed by atoms with E-state index in [9.17, 15) is 0 Å². The van der Waals surface area contributed by atoms with Crippen LogP contribution in [-0.4, -0.2) is 12.3 Å². The van der Waals surface area contributed by atoms with Gasteiger partial charge in [0.2, 0.25) is 0 Å². The van der Waals surface area contributed by atoms with Crippen LogP contribution >= 0.6 is 7.26 Å². The normalized spacial score (nSPS) is 29.7. The largest absolute Gasteiger partial charge is 0.106 e. The molecule has 1 aromatic rings. The highest BCUT2D eigenvalue weighted by molar-refractivity contribution is 7.86. The third-order valence-corrected chi connectivity index (χ3v) is 8.35. The average molecular weight is 217 g/mol. The van der Waals surface area contributed by atoms with Crippen molar-refractivity contribution in [2.24, 2.45) is 0 Å². The van der Waals surface area contributed by atoms with Gasteiger partial charge < -0.3 is 0 Å². The molecule has 0 nitrogen and oxygen atoms in total. The molecule has 1 aromatic carbocycles. The Hall–Kier alpha value is -0.610. The maximum atomic E-state index is 2.55. The van der Waals surface area contributed by atoms with E-state index in [1.807, 2.05) is 0 Å². The van der Waals surface area contributed by atoms with Crippen LogP contribution in [0.1, 0.15) is 31.2 Å². The molecular formula is C14H18P+. The molecule has 0 amide bonds. The van der Waals surface area contributed by atoms with Gasteiger partial charge in [-0.05, 0) is 37.8 Å². The Morgan fingerprint density at radius 2 is 1.87 bits per heavy atom. The van der Waals surface area contributed by atoms with Crippen molar-refractivity contribution in [1.82, 2.24) is 0 Å². The van der Waals surface area contributed by atoms with Crippen LogP contribution < -0.4 is 5.30 Å². The fraction of sp³-hybridized carbons (Fsp3) is 0.429. The van der Waals surface area contributed by atoms with Gasteiger partial charge >= 0.3 is 0 Å². The van der Waals surface area contributed by atoms with E-state index in [0.29, 0.717) is 0 Å². The maximum Gasteiger partial charge on any atom is 0.106 e. The Kier molecular flexibility index (Phi) is 2.21. The summed E-state index contributed by atoms with van der Waals surface area (Å²) in [5.41, 5.74) is 2.47. The molecule has 1 aliphatic carbocycles. The van der Waals surface area contributed by atoms with Crippen LogP contribution in [-0.2, 0) is 0 Å². The van der Waals surface area contributed by atoms with E-state index in [0.717, 1.165) is 5.66 Å². The average Bonchev–Trinajstić information content (AvgIpc) is 2.88. The number of hydrogen-bond acceptors (Lipinski definition) is 0. The second kappa shape index (κ2) is 3.46. The van der Waals surface area contributed by atoms with Crippen molar-refractivity contribution < 1.29 is 0 Å². The molecule has 0 saturated heterocycles. The number of hydrogen-bond donors (Lipinski definition) is 0. The lowest BCUT2D eigenvalue weighted by Crippen LogP contribution is -2.17. The van der Waals surface area contributed by atoms with Gasteiger partial charge in [-0.15, -0.1) is 0 Å². The first kappa shape index (κ1) is 9.60. The fourth-order valence-corrected chi connectivity index (χ4v) is 6.96. The summed E-state index contributed by atoms with van der Waals surface area (Å²) in [5, 5.41) is 1.66. The molecule has 15 heavy (non-hydrogen) atoms. The topological polar surface area (TPSA) is 0 Å². The van der Waals surface area contributed by atoms with Crippen LogP contribution in [0.2, 0.25) is 0 Å². The first-order valence-electron chi connectivity index (χ1n) is 5.95. The van der Waals surface area contributed by atoms with Crippen molar-refractivity contribution in [2.75, 3.05) is 6.66 Å². The summed E-state index contributed by atoms with van der Waals surface area (Å²) in [6.45, 7) is 2.53. The van der Waals surface area contributed by atoms with E-state index in [4.69, 9.17) is 0 Å². The zero-order valence-corrected chi connectivity index (χ0v) is 10.2. The molecular weight excluding hydrogens is 199 g/mol. The first-order chi connectivity index (χ1) is 7.31. The van der Waals surface area contributed by atoms with Gasteiger partial charge in [0.1, 0.15) is 5.30 Å². The van der Waals surface area contributed by atoms with Gasteiger partial charge in [-0.2, -0.15) is 0 Å². The Balaban J connectivity index is 2.04. The molecule has 1 fully saturated rings. The van der Waals surface area contributed by atoms with Crippen molar-refractivity contribution in [3.8, 4) is 0 Å². The summed E-state index contributed by atoms with van der Waals surface area (Å²) >= 11 is 0. The molecule has 2 aliphatic rings. The Morgan fingerprint density at radius 3 is 2.67 bits per heavy atom. The summed E-state index contributed by atoms with van der Waals surface area (Å²) < 4.78 is 0. The first-order valence-corrected chi connectivity index (χ1v) is 8.33. The minimum Gasteiger partial charge on any atom is -0.0614 e. The predicted molar refractivity (Wildman–Crippen MR) is 70.2 cm³/mol. The molecule has 3 rings (SSSR count). The van der Waals surface area contributed by atoms with E-state index in [-0.39, 0.29) is 0 Å². The van der Waals surface area contributed by atoms with Gasteiger partial charge in [-0.3, -0.25) is 0 Å². The maximum absolute atomic E-state index is 2.55. The lowest BCUT2D eigenvalue weighted by Gasteiger charge is -2.23. The molecule has 0 bridgehead atoms. The van der Waals surface area contributed by atoms with Crippen LogP contribution in [0.25, 0.3) is 6.08 Å². The minimum atomic E-state index is -0.938. The van der Waals surface area contributed by atoms with E-state index in [1.165, 1.54) is 31.2 Å². The smallest absolute Gasteiger partial charge is 0.0614 e. The minimum absolute atomic E-state index is 0.938. The zero-order chi connectivity index (χ0) is 10.3. The van der Waals surface area contributed by atoms with Crippen LogP contribution in [0.3, 0.4) is 0 Å². The molecule has 78 valence electrons. The van der Waals surface area contributed by atoms with Crippen molar-refractivity contribution in [1.29, 1.82) is 0 Å². The number of rotatable bonds is 1. The summed E-state index contributed by atoms with van der Waals surface area (Å²) in [5.74, 6) is 2.55. The number of benzene rings is 1. The molecule has 1 aliphatic heterocycles. The molecule has 0 aromatic heterocycles. The monoisotopic (exact) mass is 217 g/mol. The van der Waals surface area contributed by atoms with E-state index >= 15 is 0 Å². The third-order valence-electron chi connectivity index (χ3n) is 4.10. The Bertz CT molecular complexity index is 402. The highest BCUT2D eigenvalue weighted by atomic mass is 31.2. The highest BCUT2D eigenvalue weighted by Crippen LogP contribution is 2.67. The lowest BCUT2D eigenvalue weighted by molar-refractivity contribution is 0.886. The lowest BCUT2D eigenvalue weighted by atomic mass is 10.2. The van der Waals surface area contributed by atoms with Gasteiger partial charge in [-0.25, -0.2) is 0 Å². The van der Waals surface area contributed by atoms with Gasteiger partial charge in [0.05, 0.1) is 25.4 Å². The second-order valence-corrected chi connectivity index (χ2v) is 8.76. The van der Waals surface area contributed by atoms with Crippen LogP contribution in [0.5, 0.6) is 0 Å². The molecule has 0 spiro atoms. The van der Waals surface area contributed by atoms with Gasteiger partial charge in [0.25, 0.3) is 0 Å². The quantitative estimate of drug-likeness (QED) is 0.626. The zero-order valence-electron chi connectivity index (χ0n) is 9.32. The van der Waals surface area contributed by atoms with Gasteiger partial charge in [0, 0.05) is 5.56 Å². The summed E-state index contributed by atoms with van der Waals surface area (Å²) in [6, 6.07) is 9.00. The number of fused-ring (bicyclic) bond motifs is 1. The standard InChI is InChI=1S/C14H18P/c1-15(13-7-3-4-8-13)11-10-12-6-2-5-9-14(12)15/h2,5-6,9-11,13H,3-4,7-8H2,1H3/q+1.